The number of nitrogens with zero attached hydrogens (tertiary/aromatic N) is 8. The van der Waals surface area contributed by atoms with Crippen LogP contribution in [0, 0.1) is 102 Å². The van der Waals surface area contributed by atoms with Gasteiger partial charge in [0, 0.05) is 131 Å². The van der Waals surface area contributed by atoms with Crippen molar-refractivity contribution in [2.45, 2.75) is 90.8 Å². The summed E-state index contributed by atoms with van der Waals surface area (Å²) in [6, 6.07) is 82.9. The molecule has 18 N–H and O–H groups in total. The Hall–Kier alpha value is -14.3. The molecule has 0 amide bonds. The highest BCUT2D eigenvalue weighted by Gasteiger charge is 2.16. The number of H-pyrrole nitrogens is 3. The molecule has 21 aromatic rings. The number of aryl methyl sites for hydroxylation is 11. The average molecular weight is 2200 g/mol. The largest absolute Gasteiger partial charge is 0.398 e. The first-order valence-corrected chi connectivity index (χ1v) is 49.0. The molecule has 7 aromatic heterocycles. The smallest absolute Gasteiger partial charge is 0.272 e. The van der Waals surface area contributed by atoms with Crippen LogP contribution in [0.25, 0.3) is 108 Å². The van der Waals surface area contributed by atoms with Gasteiger partial charge in [0.2, 0.25) is 0 Å². The summed E-state index contributed by atoms with van der Waals surface area (Å²) < 4.78 is 17.5. The van der Waals surface area contributed by atoms with Crippen LogP contribution in [-0.4, -0.2) is 75.2 Å². The summed E-state index contributed by atoms with van der Waals surface area (Å²) in [4.78, 5) is 56.2. The van der Waals surface area contributed by atoms with Crippen molar-refractivity contribution in [2.24, 2.45) is 11.6 Å². The normalized spacial score (nSPS) is 10.6. The summed E-state index contributed by atoms with van der Waals surface area (Å²) in [6.07, 6.45) is 10.4. The van der Waals surface area contributed by atoms with Crippen LogP contribution in [-0.2, 0) is 27.8 Å². The van der Waals surface area contributed by atoms with Gasteiger partial charge in [0.25, 0.3) is 11.4 Å². The fourth-order valence-electron chi connectivity index (χ4n) is 14.4. The zero-order chi connectivity index (χ0) is 104. The van der Waals surface area contributed by atoms with Gasteiger partial charge in [-0.2, -0.15) is 24.8 Å². The number of hydrogen-bond donors (Lipinski definition) is 11. The van der Waals surface area contributed by atoms with Gasteiger partial charge in [0.1, 0.15) is 34.3 Å². The van der Waals surface area contributed by atoms with Gasteiger partial charge >= 0.3 is 0 Å². The van der Waals surface area contributed by atoms with Crippen molar-refractivity contribution >= 4 is 250 Å². The number of aromatic amines is 3. The lowest BCUT2D eigenvalue weighted by Crippen LogP contribution is -2.10. The van der Waals surface area contributed by atoms with Gasteiger partial charge in [-0.1, -0.05) is 162 Å². The van der Waals surface area contributed by atoms with Crippen LogP contribution in [0.2, 0.25) is 5.15 Å². The predicted molar refractivity (Wildman–Crippen MR) is 602 cm³/mol. The van der Waals surface area contributed by atoms with Crippen LogP contribution in [0.3, 0.4) is 0 Å². The highest BCUT2D eigenvalue weighted by Crippen LogP contribution is 2.36. The van der Waals surface area contributed by atoms with Gasteiger partial charge < -0.3 is 39.4 Å². The Bertz CT molecular complexity index is 7960. The summed E-state index contributed by atoms with van der Waals surface area (Å²) >= 11 is 19.6. The zero-order valence-corrected chi connectivity index (χ0v) is 88.6. The minimum Gasteiger partial charge on any atom is -0.398 e. The summed E-state index contributed by atoms with van der Waals surface area (Å²) in [5.74, 6) is 7.04. The maximum absolute atomic E-state index is 10.7. The first-order chi connectivity index (χ1) is 68.9. The van der Waals surface area contributed by atoms with Crippen LogP contribution in [0.5, 0.6) is 0 Å². The first kappa shape index (κ1) is 110. The second kappa shape index (κ2) is 53.2. The van der Waals surface area contributed by atoms with Crippen LogP contribution in [0.1, 0.15) is 66.8 Å². The van der Waals surface area contributed by atoms with Gasteiger partial charge in [-0.25, -0.2) is 29.7 Å². The van der Waals surface area contributed by atoms with E-state index < -0.39 is 4.92 Å². The number of nitro groups is 2. The number of halogens is 4. The molecule has 21 rings (SSSR count). The van der Waals surface area contributed by atoms with Crippen molar-refractivity contribution in [3.05, 3.63) is 398 Å². The number of nitro benzene ring substituents is 2. The van der Waals surface area contributed by atoms with Gasteiger partial charge in [0.15, 0.2) is 0 Å². The highest BCUT2D eigenvalue weighted by molar-refractivity contribution is 9.11. The van der Waals surface area contributed by atoms with Gasteiger partial charge in [-0.05, 0) is 326 Å². The lowest BCUT2D eigenvalue weighted by atomic mass is 10.1. The maximum Gasteiger partial charge on any atom is 0.272 e. The van der Waals surface area contributed by atoms with E-state index in [4.69, 9.17) is 66.0 Å². The Morgan fingerprint density at radius 2 is 0.778 bits per heavy atom. The van der Waals surface area contributed by atoms with Crippen LogP contribution < -0.4 is 40.3 Å². The van der Waals surface area contributed by atoms with E-state index in [0.717, 1.165) is 149 Å². The Kier molecular flexibility index (Phi) is 40.7. The Labute approximate surface area is 874 Å². The van der Waals surface area contributed by atoms with Crippen molar-refractivity contribution in [1.82, 2.24) is 45.3 Å². The number of fused-ring (bicyclic) bond motifs is 10. The zero-order valence-electron chi connectivity index (χ0n) is 80.7. The molecule has 0 atom stereocenters. The van der Waals surface area contributed by atoms with Crippen LogP contribution >= 0.6 is 95.5 Å². The number of nitrogens with two attached hydrogens (primary N) is 7. The Balaban J connectivity index is 0.000000152. The molecule has 0 spiro atoms. The fraction of sp³-hybridized carbons (Fsp3) is 0.120. The van der Waals surface area contributed by atoms with E-state index in [2.05, 4.69) is 230 Å². The lowest BCUT2D eigenvalue weighted by Gasteiger charge is -2.07. The summed E-state index contributed by atoms with van der Waals surface area (Å²) in [5.41, 5.74) is 50.8. The van der Waals surface area contributed by atoms with Gasteiger partial charge in [-0.3, -0.25) is 35.8 Å². The number of aromatic nitrogens is 9. The second-order valence-electron chi connectivity index (χ2n) is 32.8. The van der Waals surface area contributed by atoms with E-state index in [-0.39, 0.29) is 22.1 Å². The minimum atomic E-state index is -0.397. The molecule has 738 valence electrons. The molecule has 0 aliphatic heterocycles. The Morgan fingerprint density at radius 1 is 0.382 bits per heavy atom. The van der Waals surface area contributed by atoms with E-state index >= 15 is 0 Å². The van der Waals surface area contributed by atoms with E-state index in [9.17, 15) is 20.2 Å². The molecule has 144 heavy (non-hydrogen) atoms. The molecule has 0 aliphatic rings. The number of nitrogens with one attached hydrogen (secondary N) is 4. The molecule has 0 saturated heterocycles. The van der Waals surface area contributed by atoms with Crippen molar-refractivity contribution in [3.8, 4) is 0 Å². The lowest BCUT2D eigenvalue weighted by molar-refractivity contribution is -0.385. The number of amidine groups is 1. The molecule has 0 fully saturated rings. The molecule has 36 heteroatoms. The minimum absolute atomic E-state index is 0.105. The topological polar surface area (TPSA) is 472 Å². The third kappa shape index (κ3) is 31.4. The van der Waals surface area contributed by atoms with E-state index in [1.54, 1.807) is 50.6 Å². The quantitative estimate of drug-likeness (QED) is 0.0103. The maximum atomic E-state index is 10.7. The number of pyridine rings is 4. The molecule has 0 radical (unpaired) electrons. The molecule has 0 bridgehead atoms. The van der Waals surface area contributed by atoms with Crippen molar-refractivity contribution in [2.75, 3.05) is 42.9 Å². The van der Waals surface area contributed by atoms with Gasteiger partial charge in [0.05, 0.1) is 77.4 Å². The predicted octanol–water partition coefficient (Wildman–Crippen LogP) is 28.8. The van der Waals surface area contributed by atoms with Crippen LogP contribution in [0.4, 0.5) is 40.3 Å². The van der Waals surface area contributed by atoms with E-state index in [0.29, 0.717) is 39.6 Å². The number of anilines is 5. The third-order valence-electron chi connectivity index (χ3n) is 21.9. The summed E-state index contributed by atoms with van der Waals surface area (Å²) in [6.45, 7) is 21.7. The Morgan fingerprint density at radius 3 is 1.28 bits per heavy atom. The first-order valence-electron chi connectivity index (χ1n) is 44.0. The molecule has 29 nitrogen and oxygen atoms in total. The summed E-state index contributed by atoms with van der Waals surface area (Å²) in [5, 5.41) is 60.5. The molecule has 7 heterocycles. The highest BCUT2D eigenvalue weighted by atomic mass is 79.9. The monoisotopic (exact) mass is 2200 g/mol. The fourth-order valence-corrected chi connectivity index (χ4v) is 17.2. The second-order valence-corrected chi connectivity index (χ2v) is 38.1. The molecule has 0 unspecified atom stereocenters. The SMILES string of the molecule is COOSc1cc2ccc(Br)cc2cc1C.COOSc1cc2ccnc(N)c2cc1C.Cc1cc2c(N)nccc2cc1N.Cc1cc2c(N)nccc2cc1[N+](=O)[O-].Cc1cc2cc(Br)ccc2cc1SOON.Cc1cc2cc(Br)ccc2cc1[N+](=O)[O-].Cc1ccc2c(Cl)[nH]nc2c1.Cc1ccc2cc[nH]c2c1.Cc1ccc2ccnc(N)c2c1.Cc1ccc2cn[nH]c2c1.Cc1cccc(C(=N)N)c1. The van der Waals surface area contributed by atoms with E-state index in [1.807, 2.05) is 187 Å². The number of nitrogen functional groups attached to an aromatic ring is 6. The molecule has 0 aliphatic carbocycles. The standard InChI is InChI=1S/C12H11BrO2S.C11H10BrNO2S.C11H8BrNO2.C11H12N2O2S.C10H9N3O2.C10H11N3.C10H10N2.C9H9N.C8H7ClN2.C8H8N2.C8H10N2/c1-8-5-10-6-11(13)4-3-9(10)7-12(8)16-15-14-2;1-7-4-9-5-10(12)3-2-8(9)6-11(7)16-15-14-13;1-7-4-9-5-10(12)3-2-8(9)6-11(7)13(14)15;1-7-5-9-8(3-4-13-11(9)12)6-10(7)16-15-14-2;1-6-4-8-7(2-3-12-10(8)11)5-9(6)13(14)15;1-6-4-8-7(5-9(6)11)2-3-13-10(8)12;1-7-2-3-8-4-5-12-10(11)9(8)6-7;1-7-2-3-8-4-5-10-9(8)6-7;1-5-2-3-6-7(4-5)10-11-8(6)9;1-6-2-3-7-5-9-10-8(7)4-6;1-6-3-2-4-7(5-6)8(9)10/h3-7H,1-2H3;2-6H,13H2,1H3;2-6H,1H3;3-6H,1-2H3,(H2,12,13);2-5H,1H3,(H2,11,12);2-5H,11H2,1H3,(H2,12,13);2-6H,1H3,(H2,11,12);2-6,10H,1H3;2-4H,1H3,(H,10,11);2-5H,1H3,(H,9,10);2-5H,1H3,(H3,9,10). The number of hydrogen-bond acceptors (Lipinski definition) is 26. The van der Waals surface area contributed by atoms with Crippen molar-refractivity contribution in [1.29, 1.82) is 5.41 Å². The van der Waals surface area contributed by atoms with Crippen LogP contribution in [0.15, 0.2) is 320 Å². The van der Waals surface area contributed by atoms with Gasteiger partial charge in [-0.15, -0.1) is 9.32 Å². The molecular weight excluding hydrogens is 2090 g/mol. The molecule has 0 saturated carbocycles. The summed E-state index contributed by atoms with van der Waals surface area (Å²) in [7, 11) is 2.98. The third-order valence-corrected chi connectivity index (χ3v) is 26.1. The van der Waals surface area contributed by atoms with Crippen molar-refractivity contribution < 1.29 is 37.6 Å². The van der Waals surface area contributed by atoms with Crippen molar-refractivity contribution in [3.63, 3.8) is 0 Å². The molecular formula is C108H105Br3ClN19O10S3. The average Bonchev–Trinajstić information content (AvgIpc) is 1.18. The number of rotatable bonds is 12. The molecule has 14 aromatic carbocycles. The van der Waals surface area contributed by atoms with E-state index in [1.165, 1.54) is 111 Å². The number of benzene rings is 14.